The minimum absolute atomic E-state index is 0.0234. The third-order valence-electron chi connectivity index (χ3n) is 3.85. The van der Waals surface area contributed by atoms with Gasteiger partial charge in [-0.15, -0.1) is 0 Å². The topological polar surface area (TPSA) is 64.2 Å². The van der Waals surface area contributed by atoms with E-state index in [2.05, 4.69) is 5.10 Å². The van der Waals surface area contributed by atoms with Gasteiger partial charge in [0.1, 0.15) is 22.3 Å². The largest absolute Gasteiger partial charge is 0.437 e. The molecule has 0 unspecified atom stereocenters. The van der Waals surface area contributed by atoms with Gasteiger partial charge in [0.15, 0.2) is 5.69 Å². The lowest BCUT2D eigenvalue weighted by Crippen LogP contribution is -2.20. The highest BCUT2D eigenvalue weighted by Crippen LogP contribution is 2.45. The number of amides is 1. The van der Waals surface area contributed by atoms with E-state index in [1.54, 1.807) is 24.3 Å². The highest BCUT2D eigenvalue weighted by molar-refractivity contribution is 7.99. The molecule has 0 aliphatic rings. The van der Waals surface area contributed by atoms with Gasteiger partial charge in [-0.05, 0) is 36.4 Å². The molecule has 2 N–H and O–H groups in total. The molecule has 1 heterocycles. The fourth-order valence-electron chi connectivity index (χ4n) is 2.57. The molecule has 11 heteroatoms. The van der Waals surface area contributed by atoms with E-state index in [-0.39, 0.29) is 11.4 Å². The number of aryl methyl sites for hydroxylation is 1. The van der Waals surface area contributed by atoms with E-state index < -0.39 is 34.9 Å². The zero-order valence-electron chi connectivity index (χ0n) is 14.7. The summed E-state index contributed by atoms with van der Waals surface area (Å²) in [7, 11) is 1.27. The molecule has 0 atom stereocenters. The molecule has 3 aromatic rings. The van der Waals surface area contributed by atoms with E-state index in [0.29, 0.717) is 21.5 Å². The first-order chi connectivity index (χ1) is 13.6. The van der Waals surface area contributed by atoms with Crippen LogP contribution >= 0.6 is 11.8 Å². The molecule has 0 fully saturated rings. The summed E-state index contributed by atoms with van der Waals surface area (Å²) in [4.78, 5) is 12.7. The molecule has 0 spiro atoms. The number of carbonyl (C=O) groups excluding carboxylic acids is 1. The molecule has 0 saturated carbocycles. The second kappa shape index (κ2) is 7.74. The number of anilines is 3. The molecule has 1 aromatic heterocycles. The fraction of sp³-hybridized carbons (Fsp3) is 0.111. The van der Waals surface area contributed by atoms with Crippen LogP contribution < -0.4 is 10.6 Å². The Hall–Kier alpha value is -3.08. The molecule has 1 amide bonds. The van der Waals surface area contributed by atoms with E-state index in [1.165, 1.54) is 7.05 Å². The van der Waals surface area contributed by atoms with Crippen LogP contribution in [0.3, 0.4) is 0 Å². The number of alkyl halides is 3. The third kappa shape index (κ3) is 4.19. The predicted molar refractivity (Wildman–Crippen MR) is 97.7 cm³/mol. The maximum Gasteiger partial charge on any atom is 0.437 e. The van der Waals surface area contributed by atoms with Crippen LogP contribution in [0, 0.1) is 11.6 Å². The zero-order valence-corrected chi connectivity index (χ0v) is 15.6. The van der Waals surface area contributed by atoms with Gasteiger partial charge in [0.25, 0.3) is 0 Å². The number of nitrogens with two attached hydrogens (primary N) is 1. The van der Waals surface area contributed by atoms with Crippen molar-refractivity contribution < 1.29 is 26.7 Å². The Morgan fingerprint density at radius 2 is 1.79 bits per heavy atom. The van der Waals surface area contributed by atoms with Crippen molar-refractivity contribution in [2.45, 2.75) is 16.1 Å². The quantitative estimate of drug-likeness (QED) is 0.362. The fourth-order valence-corrected chi connectivity index (χ4v) is 3.53. The number of benzene rings is 2. The van der Waals surface area contributed by atoms with Crippen molar-refractivity contribution in [3.63, 3.8) is 0 Å². The molecular formula is C18H13F5N4OS. The summed E-state index contributed by atoms with van der Waals surface area (Å²) in [5.41, 5.74) is 3.48. The van der Waals surface area contributed by atoms with Crippen molar-refractivity contribution in [2.24, 2.45) is 7.05 Å². The average molecular weight is 428 g/mol. The molecule has 0 bridgehead atoms. The second-order valence-corrected chi connectivity index (χ2v) is 6.93. The minimum atomic E-state index is -4.93. The van der Waals surface area contributed by atoms with Gasteiger partial charge < -0.3 is 5.73 Å². The number of carbonyl (C=O) groups is 1. The van der Waals surface area contributed by atoms with E-state index in [4.69, 9.17) is 5.73 Å². The summed E-state index contributed by atoms with van der Waals surface area (Å²) >= 11 is 0.882. The zero-order chi connectivity index (χ0) is 21.3. The van der Waals surface area contributed by atoms with Crippen LogP contribution in [0.4, 0.5) is 39.0 Å². The first-order valence-electron chi connectivity index (χ1n) is 7.99. The minimum Gasteiger partial charge on any atom is -0.399 e. The van der Waals surface area contributed by atoms with Crippen LogP contribution in [-0.2, 0) is 18.0 Å². The van der Waals surface area contributed by atoms with E-state index in [9.17, 15) is 26.7 Å². The monoisotopic (exact) mass is 428 g/mol. The third-order valence-corrected chi connectivity index (χ3v) is 5.01. The summed E-state index contributed by atoms with van der Waals surface area (Å²) in [6, 6.07) is 8.46. The molecule has 0 saturated heterocycles. The summed E-state index contributed by atoms with van der Waals surface area (Å²) in [5.74, 6) is -2.13. The predicted octanol–water partition coefficient (Wildman–Crippen LogP) is 4.75. The van der Waals surface area contributed by atoms with Crippen LogP contribution in [0.2, 0.25) is 0 Å². The van der Waals surface area contributed by atoms with Gasteiger partial charge in [0.2, 0.25) is 6.41 Å². The molecule has 0 radical (unpaired) electrons. The second-order valence-electron chi connectivity index (χ2n) is 5.87. The Bertz CT molecular complexity index is 1050. The Balaban J connectivity index is 2.20. The number of rotatable bonds is 5. The van der Waals surface area contributed by atoms with E-state index >= 15 is 0 Å². The Morgan fingerprint density at radius 3 is 2.34 bits per heavy atom. The first-order valence-corrected chi connectivity index (χ1v) is 8.80. The van der Waals surface area contributed by atoms with Crippen LogP contribution in [-0.4, -0.2) is 16.2 Å². The van der Waals surface area contributed by atoms with Crippen molar-refractivity contribution >= 4 is 35.2 Å². The Kier molecular flexibility index (Phi) is 5.51. The van der Waals surface area contributed by atoms with Gasteiger partial charge in [0, 0.05) is 23.7 Å². The van der Waals surface area contributed by atoms with E-state index in [1.807, 2.05) is 0 Å². The number of hydrogen-bond donors (Lipinski definition) is 1. The number of aromatic nitrogens is 2. The lowest BCUT2D eigenvalue weighted by atomic mass is 10.2. The molecular weight excluding hydrogens is 415 g/mol. The maximum atomic E-state index is 14.2. The molecule has 29 heavy (non-hydrogen) atoms. The van der Waals surface area contributed by atoms with Crippen molar-refractivity contribution in [2.75, 3.05) is 10.6 Å². The van der Waals surface area contributed by atoms with Gasteiger partial charge in [-0.2, -0.15) is 18.3 Å². The van der Waals surface area contributed by atoms with Gasteiger partial charge >= 0.3 is 6.18 Å². The summed E-state index contributed by atoms with van der Waals surface area (Å²) in [6.07, 6.45) is -4.90. The van der Waals surface area contributed by atoms with Crippen LogP contribution in [0.15, 0.2) is 52.4 Å². The number of nitrogens with zero attached hydrogens (tertiary/aromatic N) is 3. The molecule has 0 aliphatic carbocycles. The molecule has 152 valence electrons. The van der Waals surface area contributed by atoms with Crippen LogP contribution in [0.1, 0.15) is 5.69 Å². The first kappa shape index (κ1) is 20.6. The summed E-state index contributed by atoms with van der Waals surface area (Å²) < 4.78 is 69.3. The maximum absolute atomic E-state index is 14.2. The lowest BCUT2D eigenvalue weighted by molar-refractivity contribution is -0.140. The number of halogens is 5. The molecule has 3 rings (SSSR count). The molecule has 2 aromatic carbocycles. The van der Waals surface area contributed by atoms with Gasteiger partial charge in [-0.1, -0.05) is 11.8 Å². The van der Waals surface area contributed by atoms with Crippen molar-refractivity contribution in [3.8, 4) is 0 Å². The standard InChI is InChI=1S/C18H13F5N4OS/c1-26-17(29-12-5-3-11(24)4-6-12)15(16(25-26)18(21,22)23)27(9-28)14-7-2-10(19)8-13(14)20/h2-9H,24H2,1H3. The Labute approximate surface area is 165 Å². The summed E-state index contributed by atoms with van der Waals surface area (Å²) in [5, 5.41) is 3.41. The number of hydrogen-bond acceptors (Lipinski definition) is 4. The van der Waals surface area contributed by atoms with Crippen molar-refractivity contribution in [1.82, 2.24) is 9.78 Å². The van der Waals surface area contributed by atoms with E-state index in [0.717, 1.165) is 28.6 Å². The normalized spacial score (nSPS) is 11.5. The highest BCUT2D eigenvalue weighted by atomic mass is 32.2. The molecule has 5 nitrogen and oxygen atoms in total. The number of nitrogen functional groups attached to an aromatic ring is 1. The van der Waals surface area contributed by atoms with Crippen molar-refractivity contribution in [1.29, 1.82) is 0 Å². The van der Waals surface area contributed by atoms with Crippen LogP contribution in [0.25, 0.3) is 0 Å². The SMILES string of the molecule is Cn1nc(C(F)(F)F)c(N(C=O)c2ccc(F)cc2F)c1Sc1ccc(N)cc1. The Morgan fingerprint density at radius 1 is 1.14 bits per heavy atom. The smallest absolute Gasteiger partial charge is 0.399 e. The van der Waals surface area contributed by atoms with Crippen molar-refractivity contribution in [3.05, 3.63) is 59.8 Å². The van der Waals surface area contributed by atoms with Gasteiger partial charge in [-0.25, -0.2) is 8.78 Å². The lowest BCUT2D eigenvalue weighted by Gasteiger charge is -2.20. The highest BCUT2D eigenvalue weighted by Gasteiger charge is 2.41. The van der Waals surface area contributed by atoms with Crippen LogP contribution in [0.5, 0.6) is 0 Å². The van der Waals surface area contributed by atoms with Gasteiger partial charge in [-0.3, -0.25) is 14.4 Å². The summed E-state index contributed by atoms with van der Waals surface area (Å²) in [6.45, 7) is 0. The molecule has 0 aliphatic heterocycles. The van der Waals surface area contributed by atoms with Gasteiger partial charge in [0.05, 0.1) is 5.69 Å². The average Bonchev–Trinajstić information content (AvgIpc) is 2.96.